The molecule has 7 nitrogen and oxygen atoms in total. The summed E-state index contributed by atoms with van der Waals surface area (Å²) in [5, 5.41) is 7.56. The van der Waals surface area contributed by atoms with Crippen LogP contribution in [-0.4, -0.2) is 44.8 Å². The van der Waals surface area contributed by atoms with Gasteiger partial charge in [-0.15, -0.1) is 0 Å². The van der Waals surface area contributed by atoms with Crippen molar-refractivity contribution in [2.24, 2.45) is 7.05 Å². The minimum atomic E-state index is -0.126. The zero-order valence-corrected chi connectivity index (χ0v) is 19.5. The topological polar surface area (TPSA) is 72.2 Å². The van der Waals surface area contributed by atoms with Gasteiger partial charge in [-0.1, -0.05) is 43.7 Å². The van der Waals surface area contributed by atoms with Gasteiger partial charge >= 0.3 is 5.69 Å². The number of unbranched alkanes of at least 4 members (excludes halogenated alkanes) is 1. The van der Waals surface area contributed by atoms with Crippen LogP contribution in [0.5, 0.6) is 0 Å². The average Bonchev–Trinajstić information content (AvgIpc) is 3.13. The molecule has 174 valence electrons. The summed E-state index contributed by atoms with van der Waals surface area (Å²) in [6.07, 6.45) is 5.17. The maximum Gasteiger partial charge on any atom is 0.350 e. The van der Waals surface area contributed by atoms with Crippen LogP contribution in [0.3, 0.4) is 0 Å². The Bertz CT molecular complexity index is 1110. The molecular weight excluding hydrogens is 414 g/mol. The Morgan fingerprint density at radius 2 is 1.76 bits per heavy atom. The molecule has 0 saturated carbocycles. The van der Waals surface area contributed by atoms with Gasteiger partial charge in [0.15, 0.2) is 0 Å². The second kappa shape index (κ2) is 10.6. The minimum Gasteiger partial charge on any atom is -0.325 e. The number of carbonyl (C=O) groups is 1. The fourth-order valence-corrected chi connectivity index (χ4v) is 4.46. The number of para-hydroxylation sites is 1. The summed E-state index contributed by atoms with van der Waals surface area (Å²) < 4.78 is 3.13. The van der Waals surface area contributed by atoms with Crippen molar-refractivity contribution in [2.75, 3.05) is 25.0 Å². The highest BCUT2D eigenvalue weighted by atomic mass is 16.2. The molecule has 0 atom stereocenters. The van der Waals surface area contributed by atoms with Gasteiger partial charge in [-0.2, -0.15) is 5.10 Å². The number of piperidine rings is 1. The zero-order valence-electron chi connectivity index (χ0n) is 19.5. The third kappa shape index (κ3) is 5.60. The van der Waals surface area contributed by atoms with Gasteiger partial charge in [0.25, 0.3) is 0 Å². The van der Waals surface area contributed by atoms with Crippen LogP contribution in [0.4, 0.5) is 5.69 Å². The lowest BCUT2D eigenvalue weighted by atomic mass is 9.95. The third-order valence-electron chi connectivity index (χ3n) is 6.34. The number of hydrogen-bond acceptors (Lipinski definition) is 4. The molecule has 1 amide bonds. The summed E-state index contributed by atoms with van der Waals surface area (Å²) in [6, 6.07) is 17.8. The number of benzene rings is 2. The Kier molecular flexibility index (Phi) is 7.40. The van der Waals surface area contributed by atoms with Crippen molar-refractivity contribution in [1.29, 1.82) is 0 Å². The molecule has 0 radical (unpaired) electrons. The molecule has 0 bridgehead atoms. The number of aromatic nitrogens is 3. The van der Waals surface area contributed by atoms with Gasteiger partial charge in [-0.05, 0) is 68.6 Å². The summed E-state index contributed by atoms with van der Waals surface area (Å²) in [5.41, 5.74) is 2.86. The van der Waals surface area contributed by atoms with Crippen LogP contribution in [0.15, 0.2) is 59.4 Å². The van der Waals surface area contributed by atoms with E-state index < -0.39 is 0 Å². The number of nitrogens with one attached hydrogen (secondary N) is 1. The number of likely N-dealkylation sites (tertiary alicyclic amines) is 1. The maximum absolute atomic E-state index is 12.7. The average molecular weight is 448 g/mol. The number of rotatable bonds is 8. The number of amides is 1. The van der Waals surface area contributed by atoms with Crippen molar-refractivity contribution >= 4 is 11.6 Å². The van der Waals surface area contributed by atoms with Gasteiger partial charge in [0.2, 0.25) is 5.91 Å². The fraction of sp³-hybridized carbons (Fsp3) is 0.423. The first-order valence-electron chi connectivity index (χ1n) is 11.9. The summed E-state index contributed by atoms with van der Waals surface area (Å²) in [7, 11) is 1.70. The van der Waals surface area contributed by atoms with Crippen molar-refractivity contribution in [3.63, 3.8) is 0 Å². The van der Waals surface area contributed by atoms with E-state index in [0.717, 1.165) is 49.6 Å². The lowest BCUT2D eigenvalue weighted by molar-refractivity contribution is -0.117. The monoisotopic (exact) mass is 447 g/mol. The molecule has 1 aliphatic heterocycles. The van der Waals surface area contributed by atoms with Crippen molar-refractivity contribution in [3.05, 3.63) is 76.5 Å². The molecule has 33 heavy (non-hydrogen) atoms. The molecule has 4 rings (SSSR count). The van der Waals surface area contributed by atoms with Gasteiger partial charge in [0.1, 0.15) is 5.82 Å². The Hall–Kier alpha value is -3.19. The molecule has 1 fully saturated rings. The molecule has 1 aromatic heterocycles. The van der Waals surface area contributed by atoms with Crippen LogP contribution in [0, 0.1) is 0 Å². The highest BCUT2D eigenvalue weighted by Gasteiger charge is 2.27. The Labute approximate surface area is 195 Å². The Balaban J connectivity index is 1.33. The molecule has 2 aromatic carbocycles. The highest BCUT2D eigenvalue weighted by Crippen LogP contribution is 2.27. The number of carbonyl (C=O) groups excluding carboxylic acids is 1. The molecule has 7 heteroatoms. The van der Waals surface area contributed by atoms with Crippen LogP contribution in [0.25, 0.3) is 5.69 Å². The van der Waals surface area contributed by atoms with Gasteiger partial charge in [0.05, 0.1) is 12.2 Å². The van der Waals surface area contributed by atoms with Gasteiger partial charge < -0.3 is 5.32 Å². The lowest BCUT2D eigenvalue weighted by Gasteiger charge is -2.31. The van der Waals surface area contributed by atoms with E-state index in [4.69, 9.17) is 0 Å². The third-order valence-corrected chi connectivity index (χ3v) is 6.34. The first-order valence-corrected chi connectivity index (χ1v) is 11.9. The summed E-state index contributed by atoms with van der Waals surface area (Å²) in [6.45, 7) is 4.16. The molecule has 3 aromatic rings. The number of anilines is 1. The van der Waals surface area contributed by atoms with Crippen molar-refractivity contribution in [3.8, 4) is 5.69 Å². The van der Waals surface area contributed by atoms with Crippen LogP contribution >= 0.6 is 0 Å². The van der Waals surface area contributed by atoms with E-state index >= 15 is 0 Å². The van der Waals surface area contributed by atoms with Crippen molar-refractivity contribution in [1.82, 2.24) is 19.2 Å². The van der Waals surface area contributed by atoms with E-state index in [-0.39, 0.29) is 17.5 Å². The van der Waals surface area contributed by atoms with E-state index in [9.17, 15) is 9.59 Å². The lowest BCUT2D eigenvalue weighted by Crippen LogP contribution is -2.39. The van der Waals surface area contributed by atoms with E-state index in [1.54, 1.807) is 11.6 Å². The predicted octanol–water partition coefficient (Wildman–Crippen LogP) is 3.73. The second-order valence-electron chi connectivity index (χ2n) is 8.83. The normalized spacial score (nSPS) is 15.0. The molecular formula is C26H33N5O2. The quantitative estimate of drug-likeness (QED) is 0.571. The van der Waals surface area contributed by atoms with E-state index in [2.05, 4.69) is 34.4 Å². The van der Waals surface area contributed by atoms with Gasteiger partial charge in [-0.25, -0.2) is 14.0 Å². The smallest absolute Gasteiger partial charge is 0.325 e. The minimum absolute atomic E-state index is 0.00814. The van der Waals surface area contributed by atoms with Crippen molar-refractivity contribution < 1.29 is 4.79 Å². The second-order valence-corrected chi connectivity index (χ2v) is 8.83. The molecule has 0 unspecified atom stereocenters. The maximum atomic E-state index is 12.7. The zero-order chi connectivity index (χ0) is 23.2. The standard InChI is InChI=1S/C26H33N5O2/c1-3-4-8-20-11-13-22(14-12-20)27-24(32)19-30-17-15-21(16-18-30)25-28-29(2)26(33)31(25)23-9-6-5-7-10-23/h5-7,9-14,21H,3-4,8,15-19H2,1-2H3,(H,27,32). The predicted molar refractivity (Wildman–Crippen MR) is 131 cm³/mol. The summed E-state index contributed by atoms with van der Waals surface area (Å²) in [4.78, 5) is 27.4. The van der Waals surface area contributed by atoms with Crippen LogP contribution in [0.2, 0.25) is 0 Å². The van der Waals surface area contributed by atoms with Crippen LogP contribution in [-0.2, 0) is 18.3 Å². The largest absolute Gasteiger partial charge is 0.350 e. The molecule has 2 heterocycles. The molecule has 1 aliphatic rings. The number of nitrogens with zero attached hydrogens (tertiary/aromatic N) is 4. The van der Waals surface area contributed by atoms with Gasteiger partial charge in [0, 0.05) is 18.7 Å². The molecule has 1 N–H and O–H groups in total. The van der Waals surface area contributed by atoms with E-state index in [1.807, 2.05) is 42.5 Å². The fourth-order valence-electron chi connectivity index (χ4n) is 4.46. The first kappa shape index (κ1) is 23.0. The van der Waals surface area contributed by atoms with Crippen LogP contribution < -0.4 is 11.0 Å². The van der Waals surface area contributed by atoms with Crippen molar-refractivity contribution in [2.45, 2.75) is 44.9 Å². The SMILES string of the molecule is CCCCc1ccc(NC(=O)CN2CCC(c3nn(C)c(=O)n3-c3ccccc3)CC2)cc1. The molecule has 1 saturated heterocycles. The molecule has 0 aliphatic carbocycles. The number of aryl methyl sites for hydroxylation is 2. The van der Waals surface area contributed by atoms with Crippen LogP contribution in [0.1, 0.15) is 49.9 Å². The Morgan fingerprint density at radius 1 is 1.06 bits per heavy atom. The summed E-state index contributed by atoms with van der Waals surface area (Å²) >= 11 is 0. The summed E-state index contributed by atoms with van der Waals surface area (Å²) in [5.74, 6) is 1.00. The highest BCUT2D eigenvalue weighted by molar-refractivity contribution is 5.92. The van der Waals surface area contributed by atoms with E-state index in [0.29, 0.717) is 6.54 Å². The molecule has 0 spiro atoms. The van der Waals surface area contributed by atoms with E-state index in [1.165, 1.54) is 23.1 Å². The van der Waals surface area contributed by atoms with Gasteiger partial charge in [-0.3, -0.25) is 9.69 Å². The Morgan fingerprint density at radius 3 is 2.42 bits per heavy atom. The number of hydrogen-bond donors (Lipinski definition) is 1. The first-order chi connectivity index (χ1) is 16.0.